The lowest BCUT2D eigenvalue weighted by atomic mass is 9.92. The molecular formula is C26H35N5O3. The molecule has 8 nitrogen and oxygen atoms in total. The van der Waals surface area contributed by atoms with E-state index in [-0.39, 0.29) is 6.04 Å². The molecule has 2 saturated heterocycles. The van der Waals surface area contributed by atoms with Crippen molar-refractivity contribution in [2.24, 2.45) is 4.99 Å². The van der Waals surface area contributed by atoms with E-state index in [1.54, 1.807) is 0 Å². The first-order chi connectivity index (χ1) is 16.7. The van der Waals surface area contributed by atoms with Gasteiger partial charge in [0.25, 0.3) is 0 Å². The Balaban J connectivity index is 1.43. The zero-order chi connectivity index (χ0) is 23.3. The minimum Gasteiger partial charge on any atom is -0.476 e. The highest BCUT2D eigenvalue weighted by Crippen LogP contribution is 2.41. The maximum atomic E-state index is 5.70. The first-order valence-electron chi connectivity index (χ1n) is 12.3. The predicted molar refractivity (Wildman–Crippen MR) is 134 cm³/mol. The number of nitrogens with one attached hydrogen (secondary N) is 1. The molecule has 3 aliphatic rings. The van der Waals surface area contributed by atoms with Crippen molar-refractivity contribution in [3.63, 3.8) is 0 Å². The van der Waals surface area contributed by atoms with Crippen LogP contribution in [-0.4, -0.2) is 88.4 Å². The molecule has 182 valence electrons. The fourth-order valence-electron chi connectivity index (χ4n) is 5.04. The number of hydrogen-bond acceptors (Lipinski definition) is 8. The molecule has 4 heterocycles. The molecule has 1 aromatic carbocycles. The number of anilines is 1. The van der Waals surface area contributed by atoms with Crippen molar-refractivity contribution in [3.05, 3.63) is 47.7 Å². The van der Waals surface area contributed by atoms with Crippen LogP contribution in [0.15, 0.2) is 41.5 Å². The number of hydrogen-bond donors (Lipinski definition) is 1. The number of pyridine rings is 1. The summed E-state index contributed by atoms with van der Waals surface area (Å²) in [7, 11) is 3.73. The van der Waals surface area contributed by atoms with E-state index in [4.69, 9.17) is 19.2 Å². The SMILES string of the molecule is CNCCOc1ccc(C2=Nc3cc(N4CCOCC4)ccc3C(N3CCC(OC)C3)C2)cn1. The zero-order valence-corrected chi connectivity index (χ0v) is 20.2. The number of nitrogens with zero attached hydrogens (tertiary/aromatic N) is 4. The second-order valence-corrected chi connectivity index (χ2v) is 9.10. The second-order valence-electron chi connectivity index (χ2n) is 9.10. The van der Waals surface area contributed by atoms with Crippen molar-refractivity contribution >= 4 is 17.1 Å². The Morgan fingerprint density at radius 2 is 2.03 bits per heavy atom. The monoisotopic (exact) mass is 465 g/mol. The van der Waals surface area contributed by atoms with E-state index >= 15 is 0 Å². The second kappa shape index (κ2) is 10.8. The Bertz CT molecular complexity index is 990. The first kappa shape index (κ1) is 23.2. The number of fused-ring (bicyclic) bond motifs is 1. The summed E-state index contributed by atoms with van der Waals surface area (Å²) in [6.07, 6.45) is 4.13. The molecule has 2 atom stereocenters. The molecule has 0 bridgehead atoms. The number of ether oxygens (including phenoxy) is 3. The molecule has 0 radical (unpaired) electrons. The van der Waals surface area contributed by atoms with E-state index in [0.717, 1.165) is 75.7 Å². The lowest BCUT2D eigenvalue weighted by Gasteiger charge is -2.34. The molecule has 0 amide bonds. The van der Waals surface area contributed by atoms with E-state index in [2.05, 4.69) is 44.4 Å². The molecule has 0 saturated carbocycles. The largest absolute Gasteiger partial charge is 0.476 e. The van der Waals surface area contributed by atoms with Crippen LogP contribution in [-0.2, 0) is 9.47 Å². The van der Waals surface area contributed by atoms with E-state index < -0.39 is 0 Å². The summed E-state index contributed by atoms with van der Waals surface area (Å²) in [5.74, 6) is 0.643. The Hall–Kier alpha value is -2.52. The molecule has 2 fully saturated rings. The van der Waals surface area contributed by atoms with Crippen molar-refractivity contribution in [2.75, 3.05) is 71.6 Å². The quantitative estimate of drug-likeness (QED) is 0.601. The number of methoxy groups -OCH3 is 1. The molecule has 3 aliphatic heterocycles. The fourth-order valence-corrected chi connectivity index (χ4v) is 5.04. The molecule has 0 aliphatic carbocycles. The summed E-state index contributed by atoms with van der Waals surface area (Å²) in [6.45, 7) is 6.76. The third-order valence-electron chi connectivity index (χ3n) is 7.01. The Labute approximate surface area is 201 Å². The third-order valence-corrected chi connectivity index (χ3v) is 7.01. The van der Waals surface area contributed by atoms with Gasteiger partial charge in [-0.2, -0.15) is 0 Å². The minimum atomic E-state index is 0.285. The third kappa shape index (κ3) is 5.10. The van der Waals surface area contributed by atoms with Gasteiger partial charge in [-0.15, -0.1) is 0 Å². The molecule has 5 rings (SSSR count). The van der Waals surface area contributed by atoms with Crippen LogP contribution >= 0.6 is 0 Å². The van der Waals surface area contributed by atoms with Crippen molar-refractivity contribution in [2.45, 2.75) is 25.0 Å². The average molecular weight is 466 g/mol. The number of aliphatic imine (C=N–C) groups is 1. The van der Waals surface area contributed by atoms with Crippen molar-refractivity contribution in [3.8, 4) is 5.88 Å². The lowest BCUT2D eigenvalue weighted by molar-refractivity contribution is 0.101. The van der Waals surface area contributed by atoms with Crippen LogP contribution in [0.25, 0.3) is 0 Å². The molecule has 1 aromatic heterocycles. The van der Waals surface area contributed by atoms with E-state index in [1.165, 1.54) is 11.3 Å². The van der Waals surface area contributed by atoms with E-state index in [9.17, 15) is 0 Å². The van der Waals surface area contributed by atoms with Crippen LogP contribution in [0.2, 0.25) is 0 Å². The average Bonchev–Trinajstić information content (AvgIpc) is 3.38. The van der Waals surface area contributed by atoms with Crippen LogP contribution in [0, 0.1) is 0 Å². The maximum Gasteiger partial charge on any atom is 0.213 e. The Kier molecular flexibility index (Phi) is 7.39. The van der Waals surface area contributed by atoms with Crippen molar-refractivity contribution in [1.82, 2.24) is 15.2 Å². The van der Waals surface area contributed by atoms with Crippen molar-refractivity contribution in [1.29, 1.82) is 0 Å². The van der Waals surface area contributed by atoms with Crippen LogP contribution in [0.5, 0.6) is 5.88 Å². The molecule has 1 N–H and O–H groups in total. The van der Waals surface area contributed by atoms with Crippen LogP contribution in [0.4, 0.5) is 11.4 Å². The summed E-state index contributed by atoms with van der Waals surface area (Å²) >= 11 is 0. The zero-order valence-electron chi connectivity index (χ0n) is 20.2. The van der Waals surface area contributed by atoms with Crippen molar-refractivity contribution < 1.29 is 14.2 Å². The highest BCUT2D eigenvalue weighted by molar-refractivity contribution is 6.03. The molecule has 2 aromatic rings. The predicted octanol–water partition coefficient (Wildman–Crippen LogP) is 2.80. The van der Waals surface area contributed by atoms with Gasteiger partial charge in [0.1, 0.15) is 6.61 Å². The maximum absolute atomic E-state index is 5.70. The highest BCUT2D eigenvalue weighted by atomic mass is 16.5. The topological polar surface area (TPSA) is 71.5 Å². The van der Waals surface area contributed by atoms with Gasteiger partial charge in [0.05, 0.1) is 30.7 Å². The molecular weight excluding hydrogens is 430 g/mol. The number of likely N-dealkylation sites (N-methyl/N-ethyl adjacent to an activating group) is 1. The van der Waals surface area contributed by atoms with Gasteiger partial charge in [-0.1, -0.05) is 6.07 Å². The van der Waals surface area contributed by atoms with Gasteiger partial charge in [0.15, 0.2) is 0 Å². The van der Waals surface area contributed by atoms with Gasteiger partial charge >= 0.3 is 0 Å². The smallest absolute Gasteiger partial charge is 0.213 e. The standard InChI is InChI=1S/C26H35N5O3/c1-27-8-12-34-26-6-3-19(17-28-26)23-16-25(31-9-7-21(18-31)32-2)22-5-4-20(15-24(22)29-23)30-10-13-33-14-11-30/h3-6,15,17,21,25,27H,7-14,16,18H2,1-2H3. The van der Waals surface area contributed by atoms with E-state index in [0.29, 0.717) is 18.6 Å². The van der Waals surface area contributed by atoms with Gasteiger partial charge in [0.2, 0.25) is 5.88 Å². The van der Waals surface area contributed by atoms with Gasteiger partial charge in [-0.3, -0.25) is 9.89 Å². The van der Waals surface area contributed by atoms with E-state index in [1.807, 2.05) is 26.4 Å². The van der Waals surface area contributed by atoms with Crippen LogP contribution < -0.4 is 15.0 Å². The minimum absolute atomic E-state index is 0.285. The number of rotatable bonds is 8. The Morgan fingerprint density at radius 1 is 1.15 bits per heavy atom. The molecule has 34 heavy (non-hydrogen) atoms. The number of morpholine rings is 1. The van der Waals surface area contributed by atoms with Gasteiger partial charge in [-0.05, 0) is 37.2 Å². The fraction of sp³-hybridized carbons (Fsp3) is 0.538. The molecule has 2 unspecified atom stereocenters. The number of aromatic nitrogens is 1. The highest BCUT2D eigenvalue weighted by Gasteiger charge is 2.34. The summed E-state index contributed by atoms with van der Waals surface area (Å²) in [5, 5.41) is 3.08. The van der Waals surface area contributed by atoms with Gasteiger partial charge in [-0.25, -0.2) is 4.98 Å². The van der Waals surface area contributed by atoms with Gasteiger partial charge < -0.3 is 24.4 Å². The molecule has 8 heteroatoms. The lowest BCUT2D eigenvalue weighted by Crippen LogP contribution is -2.36. The summed E-state index contributed by atoms with van der Waals surface area (Å²) in [6, 6.07) is 11.1. The summed E-state index contributed by atoms with van der Waals surface area (Å²) in [5.41, 5.74) is 5.71. The van der Waals surface area contributed by atoms with Gasteiger partial charge in [0, 0.05) is 75.8 Å². The molecule has 0 spiro atoms. The number of likely N-dealkylation sites (tertiary alicyclic amines) is 1. The first-order valence-corrected chi connectivity index (χ1v) is 12.3. The summed E-state index contributed by atoms with van der Waals surface area (Å²) < 4.78 is 16.9. The van der Waals surface area contributed by atoms with Crippen LogP contribution in [0.3, 0.4) is 0 Å². The van der Waals surface area contributed by atoms with Crippen LogP contribution in [0.1, 0.15) is 30.0 Å². The summed E-state index contributed by atoms with van der Waals surface area (Å²) in [4.78, 5) is 14.6. The normalized spacial score (nSPS) is 23.0. The Morgan fingerprint density at radius 3 is 2.76 bits per heavy atom. The number of benzene rings is 1.